The Hall–Kier alpha value is -1.57. The molecule has 0 aliphatic heterocycles. The molecule has 1 rings (SSSR count). The van der Waals surface area contributed by atoms with Gasteiger partial charge < -0.3 is 5.73 Å². The van der Waals surface area contributed by atoms with Crippen LogP contribution in [0, 0.1) is 0 Å². The van der Waals surface area contributed by atoms with E-state index in [4.69, 9.17) is 5.73 Å². The van der Waals surface area contributed by atoms with E-state index in [9.17, 15) is 4.79 Å². The highest BCUT2D eigenvalue weighted by Crippen LogP contribution is 2.25. The Labute approximate surface area is 97.2 Å². The summed E-state index contributed by atoms with van der Waals surface area (Å²) >= 11 is 0. The Kier molecular flexibility index (Phi) is 3.53. The first-order valence-corrected chi connectivity index (χ1v) is 5.39. The second-order valence-electron chi connectivity index (χ2n) is 4.83. The first-order chi connectivity index (χ1) is 7.34. The van der Waals surface area contributed by atoms with E-state index in [2.05, 4.69) is 0 Å². The number of hydrogen-bond acceptors (Lipinski definition) is 2. The number of allylic oxidation sites excluding steroid dienone is 2. The van der Waals surface area contributed by atoms with Crippen molar-refractivity contribution in [2.75, 3.05) is 5.73 Å². The van der Waals surface area contributed by atoms with Gasteiger partial charge in [0.1, 0.15) is 0 Å². The van der Waals surface area contributed by atoms with Crippen molar-refractivity contribution in [2.24, 2.45) is 0 Å². The number of ketones is 1. The van der Waals surface area contributed by atoms with Gasteiger partial charge in [-0.15, -0.1) is 0 Å². The topological polar surface area (TPSA) is 43.1 Å². The average Bonchev–Trinajstić information content (AvgIpc) is 2.17. The summed E-state index contributed by atoms with van der Waals surface area (Å²) < 4.78 is 0. The van der Waals surface area contributed by atoms with Crippen LogP contribution in [0.4, 0.5) is 5.69 Å². The molecule has 2 N–H and O–H groups in total. The molecule has 2 nitrogen and oxygen atoms in total. The molecule has 0 radical (unpaired) electrons. The monoisotopic (exact) mass is 217 g/mol. The van der Waals surface area contributed by atoms with Crippen LogP contribution in [0.1, 0.15) is 33.3 Å². The van der Waals surface area contributed by atoms with Gasteiger partial charge in [-0.05, 0) is 51.5 Å². The van der Waals surface area contributed by atoms with Gasteiger partial charge >= 0.3 is 0 Å². The second kappa shape index (κ2) is 4.52. The van der Waals surface area contributed by atoms with Gasteiger partial charge in [-0.1, -0.05) is 17.7 Å². The molecule has 1 aromatic rings. The zero-order chi connectivity index (χ0) is 12.3. The minimum atomic E-state index is -0.495. The van der Waals surface area contributed by atoms with Gasteiger partial charge in [-0.25, -0.2) is 0 Å². The van der Waals surface area contributed by atoms with Crippen molar-refractivity contribution in [1.82, 2.24) is 0 Å². The molecule has 0 spiro atoms. The van der Waals surface area contributed by atoms with Gasteiger partial charge in [0.15, 0.2) is 5.78 Å². The third kappa shape index (κ3) is 2.72. The van der Waals surface area contributed by atoms with E-state index in [1.165, 1.54) is 0 Å². The summed E-state index contributed by atoms with van der Waals surface area (Å²) in [6.45, 7) is 7.72. The standard InChI is InChI=1S/C14H19NO/c1-10(2)9-13(16)14(3,4)11-5-7-12(15)8-6-11/h5-9H,15H2,1-4H3. The number of nitrogens with two attached hydrogens (primary N) is 1. The lowest BCUT2D eigenvalue weighted by molar-refractivity contribution is -0.118. The van der Waals surface area contributed by atoms with E-state index in [-0.39, 0.29) is 5.78 Å². The number of benzene rings is 1. The average molecular weight is 217 g/mol. The Morgan fingerprint density at radius 1 is 1.19 bits per heavy atom. The maximum Gasteiger partial charge on any atom is 0.165 e. The molecule has 0 atom stereocenters. The van der Waals surface area contributed by atoms with E-state index in [0.717, 1.165) is 11.1 Å². The molecule has 0 fully saturated rings. The minimum Gasteiger partial charge on any atom is -0.399 e. The quantitative estimate of drug-likeness (QED) is 0.624. The largest absolute Gasteiger partial charge is 0.399 e. The summed E-state index contributed by atoms with van der Waals surface area (Å²) in [7, 11) is 0. The van der Waals surface area contributed by atoms with Crippen LogP contribution >= 0.6 is 0 Å². The highest BCUT2D eigenvalue weighted by Gasteiger charge is 2.27. The number of hydrogen-bond donors (Lipinski definition) is 1. The molecule has 0 amide bonds. The van der Waals surface area contributed by atoms with E-state index in [1.807, 2.05) is 52.0 Å². The van der Waals surface area contributed by atoms with Gasteiger partial charge in [0.25, 0.3) is 0 Å². The predicted molar refractivity (Wildman–Crippen MR) is 68.3 cm³/mol. The van der Waals surface area contributed by atoms with Crippen LogP contribution in [0.5, 0.6) is 0 Å². The fourth-order valence-corrected chi connectivity index (χ4v) is 1.48. The van der Waals surface area contributed by atoms with Crippen molar-refractivity contribution < 1.29 is 4.79 Å². The summed E-state index contributed by atoms with van der Waals surface area (Å²) in [5.74, 6) is 0.122. The number of anilines is 1. The highest BCUT2D eigenvalue weighted by molar-refractivity contribution is 5.98. The Morgan fingerprint density at radius 3 is 2.12 bits per heavy atom. The molecule has 0 saturated carbocycles. The number of rotatable bonds is 3. The third-order valence-corrected chi connectivity index (χ3v) is 2.67. The summed E-state index contributed by atoms with van der Waals surface area (Å²) in [6.07, 6.45) is 1.69. The van der Waals surface area contributed by atoms with Crippen LogP contribution in [0.3, 0.4) is 0 Å². The lowest BCUT2D eigenvalue weighted by Gasteiger charge is -2.22. The molecule has 0 aromatic heterocycles. The molecule has 16 heavy (non-hydrogen) atoms. The molecule has 0 heterocycles. The van der Waals surface area contributed by atoms with Crippen LogP contribution in [0.2, 0.25) is 0 Å². The van der Waals surface area contributed by atoms with Crippen LogP contribution in [0.15, 0.2) is 35.9 Å². The van der Waals surface area contributed by atoms with Gasteiger partial charge in [0, 0.05) is 5.69 Å². The van der Waals surface area contributed by atoms with Gasteiger partial charge in [0.2, 0.25) is 0 Å². The molecule has 0 bridgehead atoms. The molecule has 86 valence electrons. The van der Waals surface area contributed by atoms with Crippen molar-refractivity contribution in [3.63, 3.8) is 0 Å². The summed E-state index contributed by atoms with van der Waals surface area (Å²) in [4.78, 5) is 12.1. The van der Waals surface area contributed by atoms with Crippen molar-refractivity contribution in [3.05, 3.63) is 41.5 Å². The van der Waals surface area contributed by atoms with Gasteiger partial charge in [-0.3, -0.25) is 4.79 Å². The summed E-state index contributed by atoms with van der Waals surface area (Å²) in [5.41, 5.74) is 7.86. The molecule has 0 saturated heterocycles. The lowest BCUT2D eigenvalue weighted by Crippen LogP contribution is -2.27. The van der Waals surface area contributed by atoms with Crippen LogP contribution in [-0.2, 0) is 10.2 Å². The van der Waals surface area contributed by atoms with Crippen LogP contribution in [0.25, 0.3) is 0 Å². The number of carbonyl (C=O) groups excluding carboxylic acids is 1. The van der Waals surface area contributed by atoms with Gasteiger partial charge in [0.05, 0.1) is 5.41 Å². The van der Waals surface area contributed by atoms with E-state index in [1.54, 1.807) is 6.08 Å². The zero-order valence-electron chi connectivity index (χ0n) is 10.4. The minimum absolute atomic E-state index is 0.122. The molecular weight excluding hydrogens is 198 g/mol. The Bertz CT molecular complexity index is 409. The van der Waals surface area contributed by atoms with Crippen LogP contribution in [-0.4, -0.2) is 5.78 Å². The lowest BCUT2D eigenvalue weighted by atomic mass is 9.80. The molecule has 0 aliphatic carbocycles. The molecule has 2 heteroatoms. The number of nitrogen functional groups attached to an aromatic ring is 1. The first-order valence-electron chi connectivity index (χ1n) is 5.39. The first kappa shape index (κ1) is 12.5. The Balaban J connectivity index is 3.06. The Morgan fingerprint density at radius 2 is 1.69 bits per heavy atom. The van der Waals surface area contributed by atoms with Crippen molar-refractivity contribution in [1.29, 1.82) is 0 Å². The van der Waals surface area contributed by atoms with Crippen molar-refractivity contribution in [2.45, 2.75) is 33.1 Å². The molecule has 0 aliphatic rings. The third-order valence-electron chi connectivity index (χ3n) is 2.67. The van der Waals surface area contributed by atoms with Crippen molar-refractivity contribution in [3.8, 4) is 0 Å². The van der Waals surface area contributed by atoms with E-state index >= 15 is 0 Å². The SMILES string of the molecule is CC(C)=CC(=O)C(C)(C)c1ccc(N)cc1. The fraction of sp³-hybridized carbons (Fsp3) is 0.357. The maximum absolute atomic E-state index is 12.1. The van der Waals surface area contributed by atoms with E-state index < -0.39 is 5.41 Å². The highest BCUT2D eigenvalue weighted by atomic mass is 16.1. The van der Waals surface area contributed by atoms with Crippen LogP contribution < -0.4 is 5.73 Å². The zero-order valence-corrected chi connectivity index (χ0v) is 10.4. The normalized spacial score (nSPS) is 11.0. The second-order valence-corrected chi connectivity index (χ2v) is 4.83. The summed E-state index contributed by atoms with van der Waals surface area (Å²) in [6, 6.07) is 7.47. The fourth-order valence-electron chi connectivity index (χ4n) is 1.48. The van der Waals surface area contributed by atoms with Gasteiger partial charge in [-0.2, -0.15) is 0 Å². The predicted octanol–water partition coefficient (Wildman–Crippen LogP) is 3.08. The maximum atomic E-state index is 12.1. The molecule has 1 aromatic carbocycles. The smallest absolute Gasteiger partial charge is 0.165 e. The summed E-state index contributed by atoms with van der Waals surface area (Å²) in [5, 5.41) is 0. The number of carbonyl (C=O) groups is 1. The van der Waals surface area contributed by atoms with E-state index in [0.29, 0.717) is 5.69 Å². The molecule has 0 unspecified atom stereocenters. The van der Waals surface area contributed by atoms with Crippen molar-refractivity contribution >= 4 is 11.5 Å². The molecular formula is C14H19NO.